The Morgan fingerprint density at radius 1 is 1.20 bits per heavy atom. The summed E-state index contributed by atoms with van der Waals surface area (Å²) in [6.45, 7) is 0.924. The van der Waals surface area contributed by atoms with Crippen LogP contribution in [0.4, 0.5) is 10.1 Å². The van der Waals surface area contributed by atoms with E-state index in [0.29, 0.717) is 36.3 Å². The van der Waals surface area contributed by atoms with Gasteiger partial charge in [0.25, 0.3) is 15.9 Å². The number of carbonyl (C=O) groups excluding carboxylic acids is 1. The number of hydrogen-bond donors (Lipinski definition) is 3. The van der Waals surface area contributed by atoms with Crippen molar-refractivity contribution in [2.24, 2.45) is 0 Å². The quantitative estimate of drug-likeness (QED) is 0.769. The van der Waals surface area contributed by atoms with Crippen LogP contribution in [0.3, 0.4) is 0 Å². The smallest absolute Gasteiger partial charge is 0.265 e. The molecule has 0 aliphatic carbocycles. The molecule has 1 aliphatic rings. The highest BCUT2D eigenvalue weighted by molar-refractivity contribution is 7.90. The summed E-state index contributed by atoms with van der Waals surface area (Å²) in [7, 11) is -2.36. The molecule has 1 aliphatic heterocycles. The van der Waals surface area contributed by atoms with Gasteiger partial charge in [-0.2, -0.15) is 0 Å². The van der Waals surface area contributed by atoms with Gasteiger partial charge in [-0.25, -0.2) is 17.5 Å². The lowest BCUT2D eigenvalue weighted by Gasteiger charge is -2.20. The van der Waals surface area contributed by atoms with Gasteiger partial charge in [-0.1, -0.05) is 6.07 Å². The fraction of sp³-hybridized carbons (Fsp3) is 0.235. The maximum atomic E-state index is 13.9. The molecule has 1 amide bonds. The van der Waals surface area contributed by atoms with Crippen LogP contribution in [0.15, 0.2) is 41.3 Å². The van der Waals surface area contributed by atoms with E-state index in [1.165, 1.54) is 24.3 Å². The van der Waals surface area contributed by atoms with Crippen molar-refractivity contribution in [3.8, 4) is 0 Å². The zero-order valence-electron chi connectivity index (χ0n) is 13.6. The molecule has 6 nitrogen and oxygen atoms in total. The molecular formula is C17H18FN3O3S. The van der Waals surface area contributed by atoms with Gasteiger partial charge in [0, 0.05) is 30.4 Å². The molecule has 0 bridgehead atoms. The number of fused-ring (bicyclic) bond motifs is 1. The number of benzene rings is 2. The summed E-state index contributed by atoms with van der Waals surface area (Å²) in [5, 5.41) is 5.88. The minimum Gasteiger partial charge on any atom is -0.388 e. The second-order valence-electron chi connectivity index (χ2n) is 5.69. The van der Waals surface area contributed by atoms with Crippen molar-refractivity contribution >= 4 is 21.6 Å². The van der Waals surface area contributed by atoms with Crippen LogP contribution in [-0.4, -0.2) is 27.9 Å². The van der Waals surface area contributed by atoms with Crippen molar-refractivity contribution in [2.45, 2.75) is 17.9 Å². The summed E-state index contributed by atoms with van der Waals surface area (Å²) in [6.07, 6.45) is 0.463. The topological polar surface area (TPSA) is 87.3 Å². The van der Waals surface area contributed by atoms with Gasteiger partial charge >= 0.3 is 0 Å². The van der Waals surface area contributed by atoms with Gasteiger partial charge in [-0.15, -0.1) is 0 Å². The van der Waals surface area contributed by atoms with Gasteiger partial charge in [0.05, 0.1) is 4.90 Å². The van der Waals surface area contributed by atoms with Crippen LogP contribution in [-0.2, 0) is 23.0 Å². The molecule has 0 saturated heterocycles. The lowest BCUT2D eigenvalue weighted by Crippen LogP contribution is -2.33. The molecule has 25 heavy (non-hydrogen) atoms. The van der Waals surface area contributed by atoms with E-state index in [-0.39, 0.29) is 10.5 Å². The van der Waals surface area contributed by atoms with Gasteiger partial charge in [0.1, 0.15) is 5.82 Å². The summed E-state index contributed by atoms with van der Waals surface area (Å²) >= 11 is 0. The standard InChI is InChI=1S/C17H18FN3O3S/c1-19-11-3-2-4-12(9-11)25(23,24)21-17(22)14-5-6-16(18)15-10-20-8-7-13(14)15/h2-6,9,19-20H,7-8,10H2,1H3,(H,21,22). The number of hydrogen-bond acceptors (Lipinski definition) is 5. The molecule has 0 radical (unpaired) electrons. The SMILES string of the molecule is CNc1cccc(S(=O)(=O)NC(=O)c2ccc(F)c3c2CCNC3)c1. The number of amides is 1. The maximum absolute atomic E-state index is 13.9. The Hall–Kier alpha value is -2.45. The fourth-order valence-corrected chi connectivity index (χ4v) is 3.85. The van der Waals surface area contributed by atoms with Crippen LogP contribution in [0.5, 0.6) is 0 Å². The van der Waals surface area contributed by atoms with Gasteiger partial charge in [-0.05, 0) is 48.9 Å². The molecule has 2 aromatic rings. The molecular weight excluding hydrogens is 345 g/mol. The van der Waals surface area contributed by atoms with Crippen molar-refractivity contribution in [1.29, 1.82) is 0 Å². The lowest BCUT2D eigenvalue weighted by atomic mass is 9.94. The number of rotatable bonds is 4. The first-order chi connectivity index (χ1) is 11.9. The van der Waals surface area contributed by atoms with Crippen LogP contribution in [0.1, 0.15) is 21.5 Å². The molecule has 0 atom stereocenters. The van der Waals surface area contributed by atoms with Crippen LogP contribution < -0.4 is 15.4 Å². The van der Waals surface area contributed by atoms with Crippen molar-refractivity contribution in [2.75, 3.05) is 18.9 Å². The van der Waals surface area contributed by atoms with E-state index >= 15 is 0 Å². The Labute approximate surface area is 145 Å². The van der Waals surface area contributed by atoms with Crippen molar-refractivity contribution in [3.63, 3.8) is 0 Å². The minimum absolute atomic E-state index is 0.0228. The molecule has 1 heterocycles. The van der Waals surface area contributed by atoms with E-state index in [2.05, 4.69) is 15.4 Å². The van der Waals surface area contributed by atoms with Gasteiger partial charge in [0.2, 0.25) is 0 Å². The normalized spacial score (nSPS) is 13.8. The van der Waals surface area contributed by atoms with E-state index in [0.717, 1.165) is 0 Å². The molecule has 8 heteroatoms. The number of nitrogens with one attached hydrogen (secondary N) is 3. The number of anilines is 1. The zero-order chi connectivity index (χ0) is 18.0. The Morgan fingerprint density at radius 2 is 2.00 bits per heavy atom. The Kier molecular flexibility index (Phi) is 4.73. The summed E-state index contributed by atoms with van der Waals surface area (Å²) < 4.78 is 40.9. The minimum atomic E-state index is -4.03. The lowest BCUT2D eigenvalue weighted by molar-refractivity contribution is 0.0980. The molecule has 0 saturated carbocycles. The highest BCUT2D eigenvalue weighted by atomic mass is 32.2. The third-order valence-electron chi connectivity index (χ3n) is 4.13. The highest BCUT2D eigenvalue weighted by Crippen LogP contribution is 2.23. The van der Waals surface area contributed by atoms with Gasteiger partial charge < -0.3 is 10.6 Å². The van der Waals surface area contributed by atoms with Crippen LogP contribution in [0.25, 0.3) is 0 Å². The van der Waals surface area contributed by atoms with Gasteiger partial charge in [-0.3, -0.25) is 4.79 Å². The molecule has 3 N–H and O–H groups in total. The second-order valence-corrected chi connectivity index (χ2v) is 7.37. The highest BCUT2D eigenvalue weighted by Gasteiger charge is 2.24. The average molecular weight is 363 g/mol. The van der Waals surface area contributed by atoms with Crippen LogP contribution >= 0.6 is 0 Å². The third kappa shape index (κ3) is 3.49. The molecule has 0 fully saturated rings. The Bertz CT molecular complexity index is 929. The zero-order valence-corrected chi connectivity index (χ0v) is 14.4. The number of sulfonamides is 1. The van der Waals surface area contributed by atoms with E-state index < -0.39 is 21.7 Å². The summed E-state index contributed by atoms with van der Waals surface area (Å²) in [5.41, 5.74) is 1.76. The van der Waals surface area contributed by atoms with Crippen molar-refractivity contribution in [1.82, 2.24) is 10.0 Å². The predicted octanol–water partition coefficient (Wildman–Crippen LogP) is 1.63. The number of halogens is 1. The number of carbonyl (C=O) groups is 1. The molecule has 0 unspecified atom stereocenters. The fourth-order valence-electron chi connectivity index (χ4n) is 2.84. The summed E-state index contributed by atoms with van der Waals surface area (Å²) in [6, 6.07) is 8.64. The largest absolute Gasteiger partial charge is 0.388 e. The van der Waals surface area contributed by atoms with Gasteiger partial charge in [0.15, 0.2) is 0 Å². The molecule has 0 spiro atoms. The van der Waals surface area contributed by atoms with Crippen LogP contribution in [0.2, 0.25) is 0 Å². The van der Waals surface area contributed by atoms with E-state index in [9.17, 15) is 17.6 Å². The Morgan fingerprint density at radius 3 is 2.76 bits per heavy atom. The second kappa shape index (κ2) is 6.81. The predicted molar refractivity (Wildman–Crippen MR) is 92.5 cm³/mol. The summed E-state index contributed by atoms with van der Waals surface area (Å²) in [5.74, 6) is -1.16. The van der Waals surface area contributed by atoms with Crippen molar-refractivity contribution < 1.29 is 17.6 Å². The monoisotopic (exact) mass is 363 g/mol. The molecule has 3 rings (SSSR count). The van der Waals surface area contributed by atoms with Crippen molar-refractivity contribution in [3.05, 3.63) is 58.9 Å². The third-order valence-corrected chi connectivity index (χ3v) is 5.46. The molecule has 2 aromatic carbocycles. The van der Waals surface area contributed by atoms with E-state index in [1.807, 2.05) is 0 Å². The molecule has 132 valence electrons. The van der Waals surface area contributed by atoms with E-state index in [4.69, 9.17) is 0 Å². The Balaban J connectivity index is 1.92. The molecule has 0 aromatic heterocycles. The van der Waals surface area contributed by atoms with E-state index in [1.54, 1.807) is 19.2 Å². The summed E-state index contributed by atoms with van der Waals surface area (Å²) in [4.78, 5) is 12.5. The first-order valence-electron chi connectivity index (χ1n) is 7.78. The first kappa shape index (κ1) is 17.4. The maximum Gasteiger partial charge on any atom is 0.265 e. The average Bonchev–Trinajstić information content (AvgIpc) is 2.62. The van der Waals surface area contributed by atoms with Crippen LogP contribution in [0, 0.1) is 5.82 Å². The first-order valence-corrected chi connectivity index (χ1v) is 9.26.